The molecule has 1 aliphatic heterocycles. The summed E-state index contributed by atoms with van der Waals surface area (Å²) < 4.78 is 25.8. The van der Waals surface area contributed by atoms with Gasteiger partial charge in [0.25, 0.3) is 0 Å². The van der Waals surface area contributed by atoms with E-state index in [0.29, 0.717) is 6.42 Å². The van der Waals surface area contributed by atoms with Crippen molar-refractivity contribution in [2.24, 2.45) is 0 Å². The van der Waals surface area contributed by atoms with Crippen LogP contribution >= 0.6 is 0 Å². The van der Waals surface area contributed by atoms with E-state index in [2.05, 4.69) is 0 Å². The largest absolute Gasteiger partial charge is 0.395 e. The van der Waals surface area contributed by atoms with Gasteiger partial charge in [-0.05, 0) is 32.8 Å². The number of hydrogen-bond donors (Lipinski definition) is 1. The summed E-state index contributed by atoms with van der Waals surface area (Å²) >= 11 is 0. The average Bonchev–Trinajstić information content (AvgIpc) is 2.27. The van der Waals surface area contributed by atoms with Crippen LogP contribution in [0.5, 0.6) is 0 Å². The molecule has 0 unspecified atom stereocenters. The smallest absolute Gasteiger partial charge is 0.219 e. The van der Waals surface area contributed by atoms with Gasteiger partial charge in [0.05, 0.1) is 23.4 Å². The third kappa shape index (κ3) is 2.42. The molecule has 1 heterocycles. The topological polar surface area (TPSA) is 57.6 Å². The lowest BCUT2D eigenvalue weighted by molar-refractivity contribution is 0.0558. The van der Waals surface area contributed by atoms with Crippen LogP contribution in [0, 0.1) is 0 Å². The lowest BCUT2D eigenvalue weighted by atomic mass is 9.91. The quantitative estimate of drug-likeness (QED) is 0.922. The van der Waals surface area contributed by atoms with E-state index in [9.17, 15) is 13.5 Å². The van der Waals surface area contributed by atoms with Crippen LogP contribution in [0.25, 0.3) is 0 Å². The Balaban J connectivity index is 2.35. The van der Waals surface area contributed by atoms with Gasteiger partial charge in [-0.1, -0.05) is 30.3 Å². The van der Waals surface area contributed by atoms with Gasteiger partial charge in [0.1, 0.15) is 0 Å². The van der Waals surface area contributed by atoms with Crippen LogP contribution in [0.15, 0.2) is 30.3 Å². The van der Waals surface area contributed by atoms with Crippen LogP contribution in [0.1, 0.15) is 38.8 Å². The van der Waals surface area contributed by atoms with E-state index in [1.807, 2.05) is 30.3 Å². The summed E-state index contributed by atoms with van der Waals surface area (Å²) in [6.45, 7) is 4.95. The molecule has 4 nitrogen and oxygen atoms in total. The summed E-state index contributed by atoms with van der Waals surface area (Å²) in [7, 11) is -3.42. The molecule has 5 heteroatoms. The van der Waals surface area contributed by atoms with Crippen molar-refractivity contribution in [1.82, 2.24) is 4.31 Å². The minimum absolute atomic E-state index is 0.126. The van der Waals surface area contributed by atoms with Crippen molar-refractivity contribution in [2.45, 2.75) is 44.0 Å². The van der Waals surface area contributed by atoms with Gasteiger partial charge in [-0.25, -0.2) is 8.42 Å². The van der Waals surface area contributed by atoms with Crippen molar-refractivity contribution in [3.8, 4) is 0 Å². The Hall–Kier alpha value is -0.910. The van der Waals surface area contributed by atoms with Gasteiger partial charge in [-0.15, -0.1) is 0 Å². The normalized spacial score (nSPS) is 25.1. The second-order valence-corrected chi connectivity index (χ2v) is 8.54. The van der Waals surface area contributed by atoms with E-state index >= 15 is 0 Å². The molecule has 1 aromatic rings. The second-order valence-electron chi connectivity index (χ2n) is 5.95. The van der Waals surface area contributed by atoms with Gasteiger partial charge < -0.3 is 5.11 Å². The van der Waals surface area contributed by atoms with Gasteiger partial charge in [0.2, 0.25) is 10.0 Å². The highest BCUT2D eigenvalue weighted by molar-refractivity contribution is 7.90. The van der Waals surface area contributed by atoms with E-state index in [4.69, 9.17) is 0 Å². The van der Waals surface area contributed by atoms with E-state index in [-0.39, 0.29) is 18.7 Å². The van der Waals surface area contributed by atoms with Crippen LogP contribution in [0.4, 0.5) is 0 Å². The van der Waals surface area contributed by atoms with Crippen LogP contribution in [0.2, 0.25) is 0 Å². The zero-order valence-corrected chi connectivity index (χ0v) is 12.4. The molecule has 1 aromatic carbocycles. The molecule has 2 atom stereocenters. The number of sulfonamides is 1. The molecular weight excluding hydrogens is 262 g/mol. The first-order chi connectivity index (χ1) is 8.79. The van der Waals surface area contributed by atoms with Crippen LogP contribution in [0.3, 0.4) is 0 Å². The van der Waals surface area contributed by atoms with E-state index in [0.717, 1.165) is 5.56 Å². The number of aliphatic hydroxyl groups excluding tert-OH is 1. The molecule has 0 aliphatic carbocycles. The number of hydrogen-bond acceptors (Lipinski definition) is 3. The highest BCUT2D eigenvalue weighted by Gasteiger charge is 2.50. The molecule has 0 amide bonds. The summed E-state index contributed by atoms with van der Waals surface area (Å²) in [5.74, 6) is 0. The van der Waals surface area contributed by atoms with Crippen LogP contribution < -0.4 is 0 Å². The average molecular weight is 283 g/mol. The Labute approximate surface area is 115 Å². The zero-order chi connectivity index (χ0) is 14.3. The maximum Gasteiger partial charge on any atom is 0.219 e. The van der Waals surface area contributed by atoms with E-state index in [1.54, 1.807) is 20.8 Å². The van der Waals surface area contributed by atoms with E-state index < -0.39 is 14.8 Å². The summed E-state index contributed by atoms with van der Waals surface area (Å²) in [5.41, 5.74) is 0.986. The minimum atomic E-state index is -3.42. The molecule has 1 fully saturated rings. The monoisotopic (exact) mass is 283 g/mol. The van der Waals surface area contributed by atoms with Crippen LogP contribution in [-0.2, 0) is 10.0 Å². The predicted octanol–water partition coefficient (Wildman–Crippen LogP) is 1.92. The van der Waals surface area contributed by atoms with Gasteiger partial charge >= 0.3 is 0 Å². The van der Waals surface area contributed by atoms with Crippen molar-refractivity contribution >= 4 is 10.0 Å². The molecule has 19 heavy (non-hydrogen) atoms. The molecule has 1 saturated heterocycles. The maximum atomic E-state index is 12.6. The van der Waals surface area contributed by atoms with E-state index in [1.165, 1.54) is 4.31 Å². The first-order valence-electron chi connectivity index (χ1n) is 6.48. The fourth-order valence-electron chi connectivity index (χ4n) is 2.38. The Kier molecular flexibility index (Phi) is 3.73. The SMILES string of the molecule is CC(C)(C)S(=O)(=O)N1[C@@H](CO)C[C@@H]1c1ccccc1. The first-order valence-corrected chi connectivity index (χ1v) is 7.92. The summed E-state index contributed by atoms with van der Waals surface area (Å²) in [5, 5.41) is 9.34. The lowest BCUT2D eigenvalue weighted by Crippen LogP contribution is -2.58. The van der Waals surface area contributed by atoms with Crippen LogP contribution in [-0.4, -0.2) is 35.2 Å². The lowest BCUT2D eigenvalue weighted by Gasteiger charge is -2.49. The molecule has 1 aliphatic rings. The number of benzene rings is 1. The molecule has 0 spiro atoms. The zero-order valence-electron chi connectivity index (χ0n) is 11.6. The molecular formula is C14H21NO3S. The van der Waals surface area contributed by atoms with Crippen molar-refractivity contribution in [2.75, 3.05) is 6.61 Å². The third-order valence-electron chi connectivity index (χ3n) is 3.61. The van der Waals surface area contributed by atoms with Crippen molar-refractivity contribution < 1.29 is 13.5 Å². The fraction of sp³-hybridized carbons (Fsp3) is 0.571. The fourth-order valence-corrected chi connectivity index (χ4v) is 4.10. The number of rotatable bonds is 3. The Morgan fingerprint density at radius 3 is 2.32 bits per heavy atom. The minimum Gasteiger partial charge on any atom is -0.395 e. The summed E-state index contributed by atoms with van der Waals surface area (Å²) in [4.78, 5) is 0. The molecule has 0 radical (unpaired) electrons. The predicted molar refractivity (Wildman–Crippen MR) is 75.2 cm³/mol. The van der Waals surface area contributed by atoms with Crippen molar-refractivity contribution in [3.63, 3.8) is 0 Å². The van der Waals surface area contributed by atoms with Gasteiger partial charge in [0, 0.05) is 0 Å². The first kappa shape index (κ1) is 14.5. The molecule has 106 valence electrons. The second kappa shape index (κ2) is 4.89. The molecule has 1 N–H and O–H groups in total. The molecule has 0 aromatic heterocycles. The summed E-state index contributed by atoms with van der Waals surface area (Å²) in [6, 6.07) is 9.14. The standard InChI is InChI=1S/C14H21NO3S/c1-14(2,3)19(17,18)15-12(10-16)9-13(15)11-7-5-4-6-8-11/h4-8,12-13,16H,9-10H2,1-3H3/t12-,13-/m1/s1. The number of aliphatic hydroxyl groups is 1. The Morgan fingerprint density at radius 1 is 1.26 bits per heavy atom. The third-order valence-corrected chi connectivity index (χ3v) is 6.26. The summed E-state index contributed by atoms with van der Waals surface area (Å²) in [6.07, 6.45) is 0.676. The molecule has 2 rings (SSSR count). The highest BCUT2D eigenvalue weighted by atomic mass is 32.2. The Morgan fingerprint density at radius 2 is 1.84 bits per heavy atom. The maximum absolute atomic E-state index is 12.6. The highest BCUT2D eigenvalue weighted by Crippen LogP contribution is 2.43. The van der Waals surface area contributed by atoms with Gasteiger partial charge in [-0.3, -0.25) is 0 Å². The van der Waals surface area contributed by atoms with Gasteiger partial charge in [-0.2, -0.15) is 4.31 Å². The molecule has 0 saturated carbocycles. The number of nitrogens with zero attached hydrogens (tertiary/aromatic N) is 1. The molecule has 0 bridgehead atoms. The van der Waals surface area contributed by atoms with Crippen molar-refractivity contribution in [3.05, 3.63) is 35.9 Å². The van der Waals surface area contributed by atoms with Crippen molar-refractivity contribution in [1.29, 1.82) is 0 Å². The Bertz CT molecular complexity index is 534. The van der Waals surface area contributed by atoms with Gasteiger partial charge in [0.15, 0.2) is 0 Å².